The molecule has 5 rings (SSSR count). The number of fused-ring (bicyclic) bond motifs is 5. The fourth-order valence-corrected chi connectivity index (χ4v) is 9.53. The van der Waals surface area contributed by atoms with E-state index in [1.54, 1.807) is 13.0 Å². The Balaban J connectivity index is 1.49. The molecule has 0 aromatic rings. The first kappa shape index (κ1) is 28.7. The van der Waals surface area contributed by atoms with Crippen molar-refractivity contribution in [1.82, 2.24) is 0 Å². The first-order valence-corrected chi connectivity index (χ1v) is 14.5. The Labute approximate surface area is 226 Å². The molecule has 5 aliphatic rings. The van der Waals surface area contributed by atoms with Crippen LogP contribution in [0.2, 0.25) is 0 Å². The molecule has 38 heavy (non-hydrogen) atoms. The van der Waals surface area contributed by atoms with Gasteiger partial charge in [0.2, 0.25) is 0 Å². The van der Waals surface area contributed by atoms with Gasteiger partial charge < -0.3 is 35.0 Å². The van der Waals surface area contributed by atoms with Crippen LogP contribution in [0.15, 0.2) is 11.6 Å². The van der Waals surface area contributed by atoms with Crippen LogP contribution >= 0.6 is 0 Å². The van der Waals surface area contributed by atoms with Gasteiger partial charge in [-0.25, -0.2) is 0 Å². The summed E-state index contributed by atoms with van der Waals surface area (Å²) in [6.45, 7) is 11.3. The summed E-state index contributed by atoms with van der Waals surface area (Å²) in [6, 6.07) is 0. The zero-order valence-electron chi connectivity index (χ0n) is 23.9. The van der Waals surface area contributed by atoms with E-state index in [0.717, 1.165) is 18.4 Å². The number of allylic oxidation sites excluding steroid dienone is 1. The van der Waals surface area contributed by atoms with Gasteiger partial charge in [-0.2, -0.15) is 0 Å². The molecular weight excluding hydrogens is 488 g/mol. The molecule has 1 heterocycles. The second-order valence-corrected chi connectivity index (χ2v) is 14.6. The zero-order valence-corrected chi connectivity index (χ0v) is 23.9. The average Bonchev–Trinajstić information content (AvgIpc) is 3.23. The van der Waals surface area contributed by atoms with Gasteiger partial charge in [-0.05, 0) is 108 Å². The monoisotopic (exact) mass is 536 g/mol. The molecular formula is C30H48O8. The first-order chi connectivity index (χ1) is 17.4. The smallest absolute Gasteiger partial charge is 0.164 e. The molecule has 0 spiro atoms. The van der Waals surface area contributed by atoms with Crippen molar-refractivity contribution >= 4 is 5.78 Å². The van der Waals surface area contributed by atoms with Gasteiger partial charge in [0.15, 0.2) is 11.6 Å². The Kier molecular flexibility index (Phi) is 6.64. The van der Waals surface area contributed by atoms with Crippen molar-refractivity contribution in [1.29, 1.82) is 0 Å². The summed E-state index contributed by atoms with van der Waals surface area (Å²) in [6.07, 6.45) is 3.77. The van der Waals surface area contributed by atoms with Gasteiger partial charge in [-0.3, -0.25) is 4.79 Å². The summed E-state index contributed by atoms with van der Waals surface area (Å²) in [5.74, 6) is -1.34. The van der Waals surface area contributed by atoms with Crippen LogP contribution in [-0.4, -0.2) is 78.8 Å². The highest BCUT2D eigenvalue weighted by Crippen LogP contribution is 2.69. The van der Waals surface area contributed by atoms with E-state index in [0.29, 0.717) is 32.1 Å². The second kappa shape index (κ2) is 8.81. The second-order valence-electron chi connectivity index (χ2n) is 14.6. The number of hydrogen-bond acceptors (Lipinski definition) is 8. The van der Waals surface area contributed by atoms with Crippen LogP contribution in [0.1, 0.15) is 92.9 Å². The van der Waals surface area contributed by atoms with Crippen molar-refractivity contribution in [2.45, 2.75) is 134 Å². The summed E-state index contributed by atoms with van der Waals surface area (Å²) in [4.78, 5) is 13.5. The molecule has 1 saturated heterocycles. The van der Waals surface area contributed by atoms with E-state index < -0.39 is 45.6 Å². The summed E-state index contributed by atoms with van der Waals surface area (Å²) >= 11 is 0. The lowest BCUT2D eigenvalue weighted by Gasteiger charge is -2.60. The molecule has 1 aliphatic heterocycles. The van der Waals surface area contributed by atoms with Crippen LogP contribution in [0.3, 0.4) is 0 Å². The van der Waals surface area contributed by atoms with Gasteiger partial charge in [0, 0.05) is 11.3 Å². The highest BCUT2D eigenvalue weighted by molar-refractivity contribution is 5.95. The number of carbonyl (C=O) groups excluding carboxylic acids is 1. The van der Waals surface area contributed by atoms with Crippen molar-refractivity contribution in [3.63, 3.8) is 0 Å². The summed E-state index contributed by atoms with van der Waals surface area (Å²) in [7, 11) is 0. The summed E-state index contributed by atoms with van der Waals surface area (Å²) in [5, 5.41) is 53.5. The number of ether oxygens (including phenoxy) is 2. The van der Waals surface area contributed by atoms with Crippen LogP contribution in [0.4, 0.5) is 0 Å². The third-order valence-corrected chi connectivity index (χ3v) is 11.6. The van der Waals surface area contributed by atoms with Gasteiger partial charge in [0.05, 0.1) is 41.7 Å². The maximum absolute atomic E-state index is 13.5. The number of ketones is 1. The first-order valence-electron chi connectivity index (χ1n) is 14.5. The highest BCUT2D eigenvalue weighted by atomic mass is 16.8. The fraction of sp³-hybridized carbons (Fsp3) is 0.900. The van der Waals surface area contributed by atoms with E-state index in [-0.39, 0.29) is 42.7 Å². The minimum Gasteiger partial charge on any atom is -0.393 e. The minimum atomic E-state index is -1.22. The maximum atomic E-state index is 13.5. The lowest BCUT2D eigenvalue weighted by atomic mass is 9.45. The van der Waals surface area contributed by atoms with Crippen LogP contribution < -0.4 is 0 Å². The van der Waals surface area contributed by atoms with Gasteiger partial charge in [-0.15, -0.1) is 0 Å². The number of aliphatic hydroxyl groups is 5. The number of hydrogen-bond donors (Lipinski definition) is 5. The molecule has 5 N–H and O–H groups in total. The van der Waals surface area contributed by atoms with Crippen LogP contribution in [-0.2, 0) is 14.3 Å². The normalized spacial score (nSPS) is 51.6. The summed E-state index contributed by atoms with van der Waals surface area (Å²) < 4.78 is 13.0. The Morgan fingerprint density at radius 1 is 1.05 bits per heavy atom. The van der Waals surface area contributed by atoms with E-state index in [2.05, 4.69) is 20.8 Å². The van der Waals surface area contributed by atoms with E-state index >= 15 is 0 Å². The fourth-order valence-electron chi connectivity index (χ4n) is 9.53. The lowest BCUT2D eigenvalue weighted by Crippen LogP contribution is -2.62. The molecule has 8 nitrogen and oxygen atoms in total. The number of aliphatic hydroxyl groups excluding tert-OH is 3. The maximum Gasteiger partial charge on any atom is 0.164 e. The van der Waals surface area contributed by atoms with Crippen molar-refractivity contribution < 1.29 is 39.8 Å². The Bertz CT molecular complexity index is 1010. The van der Waals surface area contributed by atoms with Gasteiger partial charge >= 0.3 is 0 Å². The molecule has 0 aromatic heterocycles. The minimum absolute atomic E-state index is 0.0374. The van der Waals surface area contributed by atoms with Gasteiger partial charge in [-0.1, -0.05) is 13.8 Å². The Hall–Kier alpha value is -0.870. The molecule has 0 aromatic carbocycles. The molecule has 0 bridgehead atoms. The summed E-state index contributed by atoms with van der Waals surface area (Å²) in [5.41, 5.74) is -3.42. The van der Waals surface area contributed by atoms with Crippen molar-refractivity contribution in [2.75, 3.05) is 6.61 Å². The molecule has 3 saturated carbocycles. The van der Waals surface area contributed by atoms with Crippen LogP contribution in [0.25, 0.3) is 0 Å². The van der Waals surface area contributed by atoms with E-state index in [1.165, 1.54) is 0 Å². The standard InChI is InChI=1S/C30H48O8/c1-25(2)37-24(9-10-26(3,35)16-31)29(6,38-25)23-8-12-30(36)18-13-20(32)19-14-21(33)22(34)15-27(19,4)17(18)7-11-28(23,30)5/h13,17,19,21-24,31,33-36H,7-12,14-16H2,1-6H3/t17-,19-,21+,22-,23-,24+,26?,27+,28+,29+,30+/m0/s1. The SMILES string of the molecule is CC(O)(CO)CC[C@H]1OC(C)(C)O[C@]1(C)[C@H]1CC[C@@]2(O)C3=CC(=O)[C@@H]4C[C@@H](O)[C@@H](O)C[C@]4(C)[C@H]3CC[C@]12C. The van der Waals surface area contributed by atoms with Crippen molar-refractivity contribution in [3.8, 4) is 0 Å². The van der Waals surface area contributed by atoms with Crippen molar-refractivity contribution in [2.24, 2.45) is 28.6 Å². The van der Waals surface area contributed by atoms with Gasteiger partial charge in [0.1, 0.15) is 0 Å². The predicted molar refractivity (Wildman–Crippen MR) is 140 cm³/mol. The van der Waals surface area contributed by atoms with Gasteiger partial charge in [0.25, 0.3) is 0 Å². The molecule has 4 aliphatic carbocycles. The topological polar surface area (TPSA) is 137 Å². The van der Waals surface area contributed by atoms with E-state index in [1.807, 2.05) is 13.8 Å². The van der Waals surface area contributed by atoms with Crippen LogP contribution in [0, 0.1) is 28.6 Å². The Morgan fingerprint density at radius 3 is 2.39 bits per heavy atom. The highest BCUT2D eigenvalue weighted by Gasteiger charge is 2.71. The predicted octanol–water partition coefficient (Wildman–Crippen LogP) is 2.62. The molecule has 216 valence electrons. The largest absolute Gasteiger partial charge is 0.393 e. The Morgan fingerprint density at radius 2 is 1.74 bits per heavy atom. The number of rotatable bonds is 5. The average molecular weight is 537 g/mol. The molecule has 1 unspecified atom stereocenters. The van der Waals surface area contributed by atoms with Crippen LogP contribution in [0.5, 0.6) is 0 Å². The molecule has 4 fully saturated rings. The molecule has 0 amide bonds. The number of carbonyl (C=O) groups is 1. The zero-order chi connectivity index (χ0) is 28.1. The third kappa shape index (κ3) is 4.00. The lowest BCUT2D eigenvalue weighted by molar-refractivity contribution is -0.191. The van der Waals surface area contributed by atoms with E-state index in [4.69, 9.17) is 9.47 Å². The molecule has 8 heteroatoms. The molecule has 11 atom stereocenters. The quantitative estimate of drug-likeness (QED) is 0.362. The third-order valence-electron chi connectivity index (χ3n) is 11.6. The van der Waals surface area contributed by atoms with E-state index in [9.17, 15) is 30.3 Å². The van der Waals surface area contributed by atoms with Crippen molar-refractivity contribution in [3.05, 3.63) is 11.6 Å². The molecule has 0 radical (unpaired) electrons.